The first-order valence-electron chi connectivity index (χ1n) is 8.11. The van der Waals surface area contributed by atoms with Gasteiger partial charge in [0, 0.05) is 18.9 Å². The number of hydrogen-bond donors (Lipinski definition) is 2. The van der Waals surface area contributed by atoms with Crippen LogP contribution in [-0.2, 0) is 0 Å². The summed E-state index contributed by atoms with van der Waals surface area (Å²) < 4.78 is 1.27. The molecule has 7 heteroatoms. The summed E-state index contributed by atoms with van der Waals surface area (Å²) in [5.41, 5.74) is 2.27. The zero-order valence-electron chi connectivity index (χ0n) is 13.9. The molecule has 2 aromatic carbocycles. The molecule has 2 heterocycles. The molecule has 2 N–H and O–H groups in total. The molecular weight excluding hydrogens is 500 g/mol. The zero-order chi connectivity index (χ0) is 16.4. The van der Waals surface area contributed by atoms with Gasteiger partial charge in [-0.3, -0.25) is 0 Å². The zero-order valence-corrected chi connectivity index (χ0v) is 18.6. The third-order valence-corrected chi connectivity index (χ3v) is 6.57. The highest BCUT2D eigenvalue weighted by molar-refractivity contribution is 14.1. The number of aromatic nitrogens is 2. The molecule has 3 aromatic rings. The Bertz CT molecular complexity index is 836. The van der Waals surface area contributed by atoms with Gasteiger partial charge in [-0.15, -0.1) is 24.8 Å². The van der Waals surface area contributed by atoms with Crippen molar-refractivity contribution >= 4 is 59.2 Å². The molecule has 0 amide bonds. The maximum atomic E-state index is 4.58. The van der Waals surface area contributed by atoms with E-state index >= 15 is 0 Å². The quantitative estimate of drug-likeness (QED) is 0.409. The van der Waals surface area contributed by atoms with E-state index in [4.69, 9.17) is 0 Å². The van der Waals surface area contributed by atoms with Crippen LogP contribution in [0.3, 0.4) is 0 Å². The van der Waals surface area contributed by atoms with Gasteiger partial charge in [0.25, 0.3) is 0 Å². The molecule has 4 rings (SSSR count). The van der Waals surface area contributed by atoms with Crippen molar-refractivity contribution in [1.82, 2.24) is 15.3 Å². The Morgan fingerprint density at radius 1 is 1.08 bits per heavy atom. The average molecular weight is 520 g/mol. The van der Waals surface area contributed by atoms with E-state index in [2.05, 4.69) is 86.4 Å². The first-order valence-corrected chi connectivity index (χ1v) is 10.0. The minimum atomic E-state index is 0. The molecule has 1 aliphatic heterocycles. The van der Waals surface area contributed by atoms with E-state index in [1.807, 2.05) is 6.20 Å². The predicted octanol–water partition coefficient (Wildman–Crippen LogP) is 6.10. The second-order valence-corrected chi connectivity index (χ2v) is 8.17. The SMILES string of the molecule is Cl.Cl.Ic1ccc(-c2cnc([C@@H]3CCCN3)[nH]2)cc1Sc1ccccc1. The number of H-pyrrole nitrogens is 1. The van der Waals surface area contributed by atoms with Gasteiger partial charge in [0.15, 0.2) is 0 Å². The lowest BCUT2D eigenvalue weighted by molar-refractivity contribution is 0.613. The van der Waals surface area contributed by atoms with E-state index in [1.54, 1.807) is 11.8 Å². The molecule has 138 valence electrons. The molecule has 1 aromatic heterocycles. The van der Waals surface area contributed by atoms with Crippen molar-refractivity contribution in [2.24, 2.45) is 0 Å². The first-order chi connectivity index (χ1) is 11.8. The molecule has 26 heavy (non-hydrogen) atoms. The van der Waals surface area contributed by atoms with E-state index in [-0.39, 0.29) is 24.8 Å². The smallest absolute Gasteiger partial charge is 0.123 e. The normalized spacial score (nSPS) is 16.0. The summed E-state index contributed by atoms with van der Waals surface area (Å²) in [5.74, 6) is 1.05. The van der Waals surface area contributed by atoms with Crippen LogP contribution >= 0.6 is 59.2 Å². The number of nitrogens with zero attached hydrogens (tertiary/aromatic N) is 1. The highest BCUT2D eigenvalue weighted by Gasteiger charge is 2.19. The van der Waals surface area contributed by atoms with Crippen molar-refractivity contribution in [3.8, 4) is 11.3 Å². The van der Waals surface area contributed by atoms with Crippen molar-refractivity contribution in [2.45, 2.75) is 28.7 Å². The van der Waals surface area contributed by atoms with Crippen molar-refractivity contribution in [2.75, 3.05) is 6.54 Å². The van der Waals surface area contributed by atoms with Crippen LogP contribution in [0.2, 0.25) is 0 Å². The Balaban J connectivity index is 0.00000121. The lowest BCUT2D eigenvalue weighted by Gasteiger charge is -2.08. The number of imidazole rings is 1. The van der Waals surface area contributed by atoms with Crippen LogP contribution < -0.4 is 5.32 Å². The standard InChI is InChI=1S/C19H18IN3S.2ClH/c20-15-9-8-13(11-18(15)24-14-5-2-1-3-6-14)17-12-22-19(23-17)16-7-4-10-21-16;;/h1-3,5-6,8-9,11-12,16,21H,4,7,10H2,(H,22,23);2*1H/t16-;;/m0../s1. The highest BCUT2D eigenvalue weighted by atomic mass is 127. The van der Waals surface area contributed by atoms with Gasteiger partial charge >= 0.3 is 0 Å². The molecule has 1 aliphatic rings. The van der Waals surface area contributed by atoms with Crippen LogP contribution in [-0.4, -0.2) is 16.5 Å². The summed E-state index contributed by atoms with van der Waals surface area (Å²) in [5, 5.41) is 3.49. The Labute approximate surface area is 184 Å². The van der Waals surface area contributed by atoms with Crippen LogP contribution in [0.1, 0.15) is 24.7 Å². The van der Waals surface area contributed by atoms with Crippen molar-refractivity contribution in [3.05, 3.63) is 64.1 Å². The predicted molar refractivity (Wildman–Crippen MR) is 122 cm³/mol. The average Bonchev–Trinajstić information content (AvgIpc) is 3.29. The number of halogens is 3. The van der Waals surface area contributed by atoms with Crippen molar-refractivity contribution < 1.29 is 0 Å². The molecular formula is C19H20Cl2IN3S. The van der Waals surface area contributed by atoms with Crippen LogP contribution in [0.15, 0.2) is 64.5 Å². The third kappa shape index (κ3) is 4.95. The van der Waals surface area contributed by atoms with Crippen LogP contribution in [0, 0.1) is 3.57 Å². The van der Waals surface area contributed by atoms with E-state index in [1.165, 1.54) is 25.3 Å². The second kappa shape index (κ2) is 9.99. The number of hydrogen-bond acceptors (Lipinski definition) is 3. The fourth-order valence-electron chi connectivity index (χ4n) is 2.94. The Morgan fingerprint density at radius 3 is 2.62 bits per heavy atom. The molecule has 0 spiro atoms. The first kappa shape index (κ1) is 21.6. The van der Waals surface area contributed by atoms with Gasteiger partial charge in [-0.05, 0) is 66.2 Å². The Hall–Kier alpha value is -0.730. The molecule has 1 fully saturated rings. The van der Waals surface area contributed by atoms with Gasteiger partial charge in [-0.1, -0.05) is 36.0 Å². The minimum Gasteiger partial charge on any atom is -0.341 e. The number of aromatic amines is 1. The summed E-state index contributed by atoms with van der Waals surface area (Å²) in [6.07, 6.45) is 4.34. The van der Waals surface area contributed by atoms with Crippen molar-refractivity contribution in [1.29, 1.82) is 0 Å². The Morgan fingerprint density at radius 2 is 1.88 bits per heavy atom. The van der Waals surface area contributed by atoms with Crippen LogP contribution in [0.25, 0.3) is 11.3 Å². The summed E-state index contributed by atoms with van der Waals surface area (Å²) in [6, 6.07) is 17.5. The van der Waals surface area contributed by atoms with E-state index in [0.29, 0.717) is 6.04 Å². The van der Waals surface area contributed by atoms with E-state index in [9.17, 15) is 0 Å². The van der Waals surface area contributed by atoms with Gasteiger partial charge in [0.2, 0.25) is 0 Å². The van der Waals surface area contributed by atoms with Gasteiger partial charge in [0.1, 0.15) is 5.82 Å². The van der Waals surface area contributed by atoms with Gasteiger partial charge in [-0.2, -0.15) is 0 Å². The third-order valence-electron chi connectivity index (χ3n) is 4.20. The minimum absolute atomic E-state index is 0. The topological polar surface area (TPSA) is 40.7 Å². The summed E-state index contributed by atoms with van der Waals surface area (Å²) in [4.78, 5) is 10.6. The lowest BCUT2D eigenvalue weighted by Crippen LogP contribution is -2.14. The molecule has 0 saturated carbocycles. The molecule has 0 radical (unpaired) electrons. The van der Waals surface area contributed by atoms with Gasteiger partial charge < -0.3 is 10.3 Å². The fraction of sp³-hybridized carbons (Fsp3) is 0.211. The Kier molecular flexibility index (Phi) is 8.29. The number of rotatable bonds is 4. The molecule has 1 atom stereocenters. The van der Waals surface area contributed by atoms with E-state index in [0.717, 1.165) is 24.5 Å². The van der Waals surface area contributed by atoms with Crippen molar-refractivity contribution in [3.63, 3.8) is 0 Å². The molecule has 0 unspecified atom stereocenters. The van der Waals surface area contributed by atoms with Crippen LogP contribution in [0.4, 0.5) is 0 Å². The largest absolute Gasteiger partial charge is 0.341 e. The number of nitrogens with one attached hydrogen (secondary N) is 2. The highest BCUT2D eigenvalue weighted by Crippen LogP contribution is 2.34. The summed E-state index contributed by atoms with van der Waals surface area (Å²) in [7, 11) is 0. The second-order valence-electron chi connectivity index (χ2n) is 5.89. The maximum Gasteiger partial charge on any atom is 0.123 e. The fourth-order valence-corrected chi connectivity index (χ4v) is 4.51. The lowest BCUT2D eigenvalue weighted by atomic mass is 10.2. The van der Waals surface area contributed by atoms with Gasteiger partial charge in [0.05, 0.1) is 17.9 Å². The molecule has 0 aliphatic carbocycles. The monoisotopic (exact) mass is 519 g/mol. The van der Waals surface area contributed by atoms with E-state index < -0.39 is 0 Å². The maximum absolute atomic E-state index is 4.58. The molecule has 0 bridgehead atoms. The summed E-state index contributed by atoms with van der Waals surface area (Å²) >= 11 is 4.20. The number of benzene rings is 2. The van der Waals surface area contributed by atoms with Gasteiger partial charge in [-0.25, -0.2) is 4.98 Å². The summed E-state index contributed by atoms with van der Waals surface area (Å²) in [6.45, 7) is 1.09. The molecule has 1 saturated heterocycles. The van der Waals surface area contributed by atoms with Crippen LogP contribution in [0.5, 0.6) is 0 Å². The molecule has 3 nitrogen and oxygen atoms in total.